The van der Waals surface area contributed by atoms with Gasteiger partial charge in [-0.2, -0.15) is 0 Å². The first-order valence-corrected chi connectivity index (χ1v) is 6.10. The lowest BCUT2D eigenvalue weighted by molar-refractivity contribution is -0.148. The van der Waals surface area contributed by atoms with E-state index in [0.717, 1.165) is 11.3 Å². The van der Waals surface area contributed by atoms with Gasteiger partial charge in [0.05, 0.1) is 5.41 Å². The lowest BCUT2D eigenvalue weighted by atomic mass is 9.89. The molecular formula is C11H14N2O4S. The summed E-state index contributed by atoms with van der Waals surface area (Å²) in [6, 6.07) is 0. The van der Waals surface area contributed by atoms with Gasteiger partial charge >= 0.3 is 5.97 Å². The highest BCUT2D eigenvalue weighted by atomic mass is 32.1. The average Bonchev–Trinajstić information content (AvgIpc) is 2.64. The maximum Gasteiger partial charge on any atom is 0.309 e. The van der Waals surface area contributed by atoms with Crippen molar-refractivity contribution in [3.8, 4) is 0 Å². The van der Waals surface area contributed by atoms with E-state index in [-0.39, 0.29) is 17.9 Å². The first kappa shape index (κ1) is 14.3. The first-order valence-electron chi connectivity index (χ1n) is 5.22. The van der Waals surface area contributed by atoms with Crippen LogP contribution in [0.15, 0.2) is 5.38 Å². The quantitative estimate of drug-likeness (QED) is 0.795. The Morgan fingerprint density at radius 3 is 2.50 bits per heavy atom. The molecule has 0 unspecified atom stereocenters. The van der Waals surface area contributed by atoms with Gasteiger partial charge in [-0.1, -0.05) is 0 Å². The highest BCUT2D eigenvalue weighted by molar-refractivity contribution is 7.14. The van der Waals surface area contributed by atoms with Crippen LogP contribution in [0.1, 0.15) is 37.7 Å². The largest absolute Gasteiger partial charge is 0.481 e. The molecule has 0 aromatic carbocycles. The van der Waals surface area contributed by atoms with Gasteiger partial charge in [0, 0.05) is 18.7 Å². The van der Waals surface area contributed by atoms with Gasteiger partial charge in [-0.05, 0) is 13.8 Å². The van der Waals surface area contributed by atoms with Crippen LogP contribution in [0, 0.1) is 5.41 Å². The first-order chi connectivity index (χ1) is 8.22. The second-order valence-electron chi connectivity index (χ2n) is 4.51. The molecule has 0 aliphatic rings. The second-order valence-corrected chi connectivity index (χ2v) is 5.37. The minimum absolute atomic E-state index is 0.155. The molecule has 0 fully saturated rings. The molecule has 1 aromatic heterocycles. The molecule has 18 heavy (non-hydrogen) atoms. The number of ketones is 1. The molecule has 2 N–H and O–H groups in total. The van der Waals surface area contributed by atoms with Crippen LogP contribution in [-0.4, -0.2) is 27.8 Å². The van der Waals surface area contributed by atoms with Crippen LogP contribution in [-0.2, 0) is 9.59 Å². The maximum absolute atomic E-state index is 11.6. The van der Waals surface area contributed by atoms with E-state index < -0.39 is 17.3 Å². The highest BCUT2D eigenvalue weighted by Gasteiger charge is 2.30. The zero-order chi connectivity index (χ0) is 13.9. The van der Waals surface area contributed by atoms with Gasteiger partial charge in [-0.15, -0.1) is 11.3 Å². The molecule has 1 aromatic rings. The van der Waals surface area contributed by atoms with Gasteiger partial charge in [-0.3, -0.25) is 14.4 Å². The van der Waals surface area contributed by atoms with Crippen LogP contribution in [0.3, 0.4) is 0 Å². The number of nitrogens with zero attached hydrogens (tertiary/aromatic N) is 1. The Kier molecular flexibility index (Phi) is 4.18. The fourth-order valence-corrected chi connectivity index (χ4v) is 1.90. The number of carboxylic acid groups (broad SMARTS) is 1. The summed E-state index contributed by atoms with van der Waals surface area (Å²) < 4.78 is 0. The third kappa shape index (κ3) is 3.63. The van der Waals surface area contributed by atoms with Gasteiger partial charge < -0.3 is 10.4 Å². The van der Waals surface area contributed by atoms with Gasteiger partial charge in [0.25, 0.3) is 0 Å². The van der Waals surface area contributed by atoms with Crippen molar-refractivity contribution in [2.75, 3.05) is 5.32 Å². The molecule has 0 saturated heterocycles. The van der Waals surface area contributed by atoms with Gasteiger partial charge in [0.2, 0.25) is 5.91 Å². The molecule has 0 saturated carbocycles. The molecule has 0 atom stereocenters. The average molecular weight is 270 g/mol. The van der Waals surface area contributed by atoms with E-state index in [1.807, 2.05) is 0 Å². The number of aliphatic carboxylic acids is 1. The zero-order valence-corrected chi connectivity index (χ0v) is 11.1. The number of anilines is 1. The summed E-state index contributed by atoms with van der Waals surface area (Å²) in [5, 5.41) is 13.2. The predicted octanol–water partition coefficient (Wildman–Crippen LogP) is 1.79. The van der Waals surface area contributed by atoms with Crippen LogP contribution in [0.5, 0.6) is 0 Å². The molecule has 0 aliphatic heterocycles. The number of carbonyl (C=O) groups is 3. The minimum atomic E-state index is -1.13. The number of thiazole rings is 1. The smallest absolute Gasteiger partial charge is 0.309 e. The summed E-state index contributed by atoms with van der Waals surface area (Å²) in [6.07, 6.45) is -0.155. The number of aromatic nitrogens is 1. The summed E-state index contributed by atoms with van der Waals surface area (Å²) in [5.74, 6) is -1.66. The van der Waals surface area contributed by atoms with E-state index in [0.29, 0.717) is 5.13 Å². The summed E-state index contributed by atoms with van der Waals surface area (Å²) in [5.41, 5.74) is -0.849. The molecule has 0 spiro atoms. The van der Waals surface area contributed by atoms with E-state index >= 15 is 0 Å². The SMILES string of the molecule is CC(=O)c1csc(NC(=O)CC(C)(C)C(=O)O)n1. The lowest BCUT2D eigenvalue weighted by Gasteiger charge is -2.17. The molecule has 0 bridgehead atoms. The molecule has 1 rings (SSSR count). The Balaban J connectivity index is 2.65. The van der Waals surface area contributed by atoms with Crippen molar-refractivity contribution in [1.82, 2.24) is 4.98 Å². The topological polar surface area (TPSA) is 96.4 Å². The molecule has 1 amide bonds. The third-order valence-electron chi connectivity index (χ3n) is 2.29. The number of carbonyl (C=O) groups excluding carboxylic acids is 2. The normalized spacial score (nSPS) is 11.1. The lowest BCUT2D eigenvalue weighted by Crippen LogP contribution is -2.29. The van der Waals surface area contributed by atoms with Crippen LogP contribution in [0.2, 0.25) is 0 Å². The predicted molar refractivity (Wildman–Crippen MR) is 66.8 cm³/mol. The van der Waals surface area contributed by atoms with Crippen LogP contribution >= 0.6 is 11.3 Å². The molecule has 0 aliphatic carbocycles. The maximum atomic E-state index is 11.6. The van der Waals surface area contributed by atoms with Gasteiger partial charge in [0.1, 0.15) is 5.69 Å². The number of nitrogens with one attached hydrogen (secondary N) is 1. The number of rotatable bonds is 5. The van der Waals surface area contributed by atoms with Crippen molar-refractivity contribution in [2.45, 2.75) is 27.2 Å². The van der Waals surface area contributed by atoms with E-state index in [1.165, 1.54) is 20.8 Å². The Morgan fingerprint density at radius 2 is 2.06 bits per heavy atom. The Morgan fingerprint density at radius 1 is 1.44 bits per heavy atom. The summed E-state index contributed by atoms with van der Waals surface area (Å²) >= 11 is 1.13. The van der Waals surface area contributed by atoms with E-state index in [1.54, 1.807) is 5.38 Å². The Bertz CT molecular complexity index is 493. The zero-order valence-electron chi connectivity index (χ0n) is 10.3. The summed E-state index contributed by atoms with van der Waals surface area (Å²) in [7, 11) is 0. The van der Waals surface area contributed by atoms with E-state index in [9.17, 15) is 14.4 Å². The fourth-order valence-electron chi connectivity index (χ4n) is 1.13. The van der Waals surface area contributed by atoms with E-state index in [4.69, 9.17) is 5.11 Å². The van der Waals surface area contributed by atoms with Gasteiger partial charge in [0.15, 0.2) is 10.9 Å². The van der Waals surface area contributed by atoms with Crippen molar-refractivity contribution >= 4 is 34.1 Å². The van der Waals surface area contributed by atoms with Gasteiger partial charge in [-0.25, -0.2) is 4.98 Å². The van der Waals surface area contributed by atoms with E-state index in [2.05, 4.69) is 10.3 Å². The molecule has 7 heteroatoms. The van der Waals surface area contributed by atoms with Crippen LogP contribution in [0.4, 0.5) is 5.13 Å². The Labute approximate surface area is 108 Å². The van der Waals surface area contributed by atoms with Crippen molar-refractivity contribution in [3.05, 3.63) is 11.1 Å². The highest BCUT2D eigenvalue weighted by Crippen LogP contribution is 2.22. The monoisotopic (exact) mass is 270 g/mol. The minimum Gasteiger partial charge on any atom is -0.481 e. The number of amides is 1. The summed E-state index contributed by atoms with van der Waals surface area (Å²) in [4.78, 5) is 37.4. The van der Waals surface area contributed by atoms with Crippen molar-refractivity contribution in [1.29, 1.82) is 0 Å². The molecule has 0 radical (unpaired) electrons. The van der Waals surface area contributed by atoms with Crippen molar-refractivity contribution in [3.63, 3.8) is 0 Å². The molecule has 98 valence electrons. The number of Topliss-reactive ketones (excluding diaryl/α,β-unsaturated/α-hetero) is 1. The second kappa shape index (κ2) is 5.26. The molecular weight excluding hydrogens is 256 g/mol. The fraction of sp³-hybridized carbons (Fsp3) is 0.455. The van der Waals surface area contributed by atoms with Crippen LogP contribution < -0.4 is 5.32 Å². The third-order valence-corrected chi connectivity index (χ3v) is 3.05. The molecule has 6 nitrogen and oxygen atoms in total. The standard InChI is InChI=1S/C11H14N2O4S/c1-6(14)7-5-18-10(12-7)13-8(15)4-11(2,3)9(16)17/h5H,4H2,1-3H3,(H,16,17)(H,12,13,15). The van der Waals surface area contributed by atoms with Crippen molar-refractivity contribution < 1.29 is 19.5 Å². The number of carboxylic acids is 1. The van der Waals surface area contributed by atoms with Crippen LogP contribution in [0.25, 0.3) is 0 Å². The molecule has 1 heterocycles. The Hall–Kier alpha value is -1.76. The number of hydrogen-bond donors (Lipinski definition) is 2. The number of hydrogen-bond acceptors (Lipinski definition) is 5. The van der Waals surface area contributed by atoms with Crippen molar-refractivity contribution in [2.24, 2.45) is 5.41 Å². The summed E-state index contributed by atoms with van der Waals surface area (Å²) in [6.45, 7) is 4.32.